The van der Waals surface area contributed by atoms with Gasteiger partial charge in [-0.2, -0.15) is 0 Å². The van der Waals surface area contributed by atoms with Gasteiger partial charge in [0.15, 0.2) is 0 Å². The zero-order chi connectivity index (χ0) is 16.4. The van der Waals surface area contributed by atoms with Crippen LogP contribution in [0, 0.1) is 5.92 Å². The summed E-state index contributed by atoms with van der Waals surface area (Å²) in [4.78, 5) is 0. The normalized spacial score (nSPS) is 35.0. The van der Waals surface area contributed by atoms with Crippen LogP contribution >= 0.6 is 11.3 Å². The first kappa shape index (κ1) is 17.3. The van der Waals surface area contributed by atoms with Gasteiger partial charge in [0.05, 0.1) is 11.7 Å². The van der Waals surface area contributed by atoms with Gasteiger partial charge in [-0.05, 0) is 70.6 Å². The summed E-state index contributed by atoms with van der Waals surface area (Å²) in [5.41, 5.74) is -0.514. The molecule has 1 unspecified atom stereocenters. The molecule has 2 aliphatic rings. The molecule has 130 valence electrons. The van der Waals surface area contributed by atoms with Gasteiger partial charge in [0.2, 0.25) is 0 Å². The molecule has 0 saturated heterocycles. The zero-order valence-corrected chi connectivity index (χ0v) is 15.2. The van der Waals surface area contributed by atoms with Crippen molar-refractivity contribution in [2.24, 2.45) is 5.92 Å². The maximum absolute atomic E-state index is 10.5. The first-order valence-electron chi connectivity index (χ1n) is 9.23. The molecule has 0 bridgehead atoms. The Labute approximate surface area is 143 Å². The minimum Gasteiger partial charge on any atom is -0.393 e. The lowest BCUT2D eigenvalue weighted by molar-refractivity contribution is -0.0216. The monoisotopic (exact) mass is 338 g/mol. The van der Waals surface area contributed by atoms with Crippen molar-refractivity contribution in [3.63, 3.8) is 0 Å². The second-order valence-electron chi connectivity index (χ2n) is 7.74. The van der Waals surface area contributed by atoms with Crippen LogP contribution in [-0.2, 0) is 0 Å². The quantitative estimate of drug-likeness (QED) is 0.871. The highest BCUT2D eigenvalue weighted by Gasteiger charge is 2.35. The molecule has 1 aromatic rings. The van der Waals surface area contributed by atoms with E-state index in [-0.39, 0.29) is 6.10 Å². The van der Waals surface area contributed by atoms with Crippen molar-refractivity contribution in [1.82, 2.24) is 10.2 Å². The van der Waals surface area contributed by atoms with E-state index in [9.17, 15) is 10.2 Å². The molecular weight excluding hydrogens is 308 g/mol. The summed E-state index contributed by atoms with van der Waals surface area (Å²) in [5.74, 6) is 1.46. The van der Waals surface area contributed by atoms with E-state index in [0.717, 1.165) is 57.8 Å². The van der Waals surface area contributed by atoms with Gasteiger partial charge in [-0.1, -0.05) is 6.92 Å². The molecule has 0 spiro atoms. The van der Waals surface area contributed by atoms with Crippen molar-refractivity contribution in [2.75, 3.05) is 0 Å². The fourth-order valence-corrected chi connectivity index (χ4v) is 5.33. The molecule has 1 heterocycles. The molecule has 4 nitrogen and oxygen atoms in total. The van der Waals surface area contributed by atoms with Gasteiger partial charge in [-0.25, -0.2) is 0 Å². The molecule has 0 aromatic carbocycles. The van der Waals surface area contributed by atoms with Crippen molar-refractivity contribution in [3.05, 3.63) is 10.0 Å². The fourth-order valence-electron chi connectivity index (χ4n) is 4.15. The fraction of sp³-hybridized carbons (Fsp3) is 0.889. The standard InChI is InChI=1S/C18H30N2O2S/c1-3-18(2,22)14-8-4-12(5-9-14)16-19-20-17(23-16)13-6-10-15(21)11-7-13/h12-15,21-22H,3-11H2,1-2H3. The molecule has 0 radical (unpaired) electrons. The number of aromatic nitrogens is 2. The van der Waals surface area contributed by atoms with E-state index in [1.165, 1.54) is 10.0 Å². The maximum Gasteiger partial charge on any atom is 0.120 e. The van der Waals surface area contributed by atoms with Crippen LogP contribution in [0.5, 0.6) is 0 Å². The van der Waals surface area contributed by atoms with Gasteiger partial charge in [0.25, 0.3) is 0 Å². The van der Waals surface area contributed by atoms with Gasteiger partial charge in [-0.15, -0.1) is 21.5 Å². The molecule has 5 heteroatoms. The summed E-state index contributed by atoms with van der Waals surface area (Å²) in [6.45, 7) is 4.06. The van der Waals surface area contributed by atoms with Crippen LogP contribution in [0.3, 0.4) is 0 Å². The molecule has 2 N–H and O–H groups in total. The highest BCUT2D eigenvalue weighted by atomic mass is 32.1. The summed E-state index contributed by atoms with van der Waals surface area (Å²) in [7, 11) is 0. The van der Waals surface area contributed by atoms with Gasteiger partial charge < -0.3 is 10.2 Å². The SMILES string of the molecule is CCC(C)(O)C1CCC(c2nnc(C3CCC(O)CC3)s2)CC1. The van der Waals surface area contributed by atoms with Crippen LogP contribution in [0.2, 0.25) is 0 Å². The lowest BCUT2D eigenvalue weighted by Gasteiger charge is -2.37. The lowest BCUT2D eigenvalue weighted by Crippen LogP contribution is -2.36. The van der Waals surface area contributed by atoms with Gasteiger partial charge in [0, 0.05) is 11.8 Å². The number of rotatable bonds is 4. The van der Waals surface area contributed by atoms with Crippen molar-refractivity contribution in [2.45, 2.75) is 95.2 Å². The third-order valence-electron chi connectivity index (χ3n) is 6.17. The molecule has 2 saturated carbocycles. The third kappa shape index (κ3) is 3.94. The van der Waals surface area contributed by atoms with Crippen molar-refractivity contribution in [3.8, 4) is 0 Å². The minimum absolute atomic E-state index is 0.111. The van der Waals surface area contributed by atoms with Crippen LogP contribution < -0.4 is 0 Å². The minimum atomic E-state index is -0.514. The summed E-state index contributed by atoms with van der Waals surface area (Å²) in [6, 6.07) is 0. The number of aliphatic hydroxyl groups is 2. The largest absolute Gasteiger partial charge is 0.393 e. The Morgan fingerprint density at radius 2 is 1.43 bits per heavy atom. The third-order valence-corrected chi connectivity index (χ3v) is 7.42. The molecule has 0 aliphatic heterocycles. The smallest absolute Gasteiger partial charge is 0.120 e. The topological polar surface area (TPSA) is 66.2 Å². The Balaban J connectivity index is 1.57. The molecule has 1 atom stereocenters. The average Bonchev–Trinajstić information content (AvgIpc) is 3.05. The highest BCUT2D eigenvalue weighted by molar-refractivity contribution is 7.11. The van der Waals surface area contributed by atoms with Crippen LogP contribution in [-0.4, -0.2) is 32.1 Å². The van der Waals surface area contributed by atoms with Crippen LogP contribution in [0.4, 0.5) is 0 Å². The Bertz CT molecular complexity index is 501. The van der Waals surface area contributed by atoms with Crippen LogP contribution in [0.25, 0.3) is 0 Å². The summed E-state index contributed by atoms with van der Waals surface area (Å²) < 4.78 is 0. The number of nitrogens with zero attached hydrogens (tertiary/aromatic N) is 2. The number of hydrogen-bond acceptors (Lipinski definition) is 5. The average molecular weight is 339 g/mol. The predicted molar refractivity (Wildman–Crippen MR) is 92.7 cm³/mol. The number of hydrogen-bond donors (Lipinski definition) is 2. The lowest BCUT2D eigenvalue weighted by atomic mass is 9.73. The van der Waals surface area contributed by atoms with E-state index < -0.39 is 5.60 Å². The van der Waals surface area contributed by atoms with E-state index in [1.54, 1.807) is 11.3 Å². The van der Waals surface area contributed by atoms with Crippen LogP contribution in [0.15, 0.2) is 0 Å². The van der Waals surface area contributed by atoms with Gasteiger partial charge in [-0.3, -0.25) is 0 Å². The summed E-state index contributed by atoms with van der Waals surface area (Å²) >= 11 is 1.80. The predicted octanol–water partition coefficient (Wildman–Crippen LogP) is 3.99. The molecule has 23 heavy (non-hydrogen) atoms. The van der Waals surface area contributed by atoms with E-state index in [1.807, 2.05) is 6.92 Å². The molecule has 3 rings (SSSR count). The summed E-state index contributed by atoms with van der Waals surface area (Å²) in [6.07, 6.45) is 9.04. The Hall–Kier alpha value is -0.520. The number of aliphatic hydroxyl groups excluding tert-OH is 1. The van der Waals surface area contributed by atoms with Crippen molar-refractivity contribution in [1.29, 1.82) is 0 Å². The molecule has 0 amide bonds. The van der Waals surface area contributed by atoms with E-state index in [0.29, 0.717) is 17.8 Å². The summed E-state index contributed by atoms with van der Waals surface area (Å²) in [5, 5.41) is 31.4. The Morgan fingerprint density at radius 1 is 0.957 bits per heavy atom. The van der Waals surface area contributed by atoms with E-state index in [2.05, 4.69) is 17.1 Å². The Kier molecular flexibility index (Phi) is 5.39. The highest BCUT2D eigenvalue weighted by Crippen LogP contribution is 2.43. The van der Waals surface area contributed by atoms with Crippen molar-refractivity contribution >= 4 is 11.3 Å². The maximum atomic E-state index is 10.5. The second-order valence-corrected chi connectivity index (χ2v) is 8.78. The molecule has 2 aliphatic carbocycles. The first-order chi connectivity index (χ1) is 11.0. The van der Waals surface area contributed by atoms with E-state index in [4.69, 9.17) is 0 Å². The van der Waals surface area contributed by atoms with Crippen LogP contribution in [0.1, 0.15) is 93.5 Å². The Morgan fingerprint density at radius 3 is 1.91 bits per heavy atom. The van der Waals surface area contributed by atoms with Crippen molar-refractivity contribution < 1.29 is 10.2 Å². The molecule has 1 aromatic heterocycles. The molecule has 2 fully saturated rings. The second kappa shape index (κ2) is 7.16. The zero-order valence-electron chi connectivity index (χ0n) is 14.4. The van der Waals surface area contributed by atoms with Gasteiger partial charge >= 0.3 is 0 Å². The van der Waals surface area contributed by atoms with E-state index >= 15 is 0 Å². The van der Waals surface area contributed by atoms with Gasteiger partial charge in [0.1, 0.15) is 10.0 Å². The molecular formula is C18H30N2O2S. The first-order valence-corrected chi connectivity index (χ1v) is 10.0.